The van der Waals surface area contributed by atoms with Crippen LogP contribution in [-0.4, -0.2) is 39.5 Å². The second-order valence-electron chi connectivity index (χ2n) is 16.7. The average molecular weight is 952 g/mol. The normalized spacial score (nSPS) is 12.7. The zero-order valence-corrected chi connectivity index (χ0v) is 40.6. The van der Waals surface area contributed by atoms with Crippen LogP contribution in [0.15, 0.2) is 66.7 Å². The van der Waals surface area contributed by atoms with Gasteiger partial charge in [-0.05, 0) is 183 Å². The number of hydrogen-bond acceptors (Lipinski definition) is 4. The molecule has 0 saturated heterocycles. The Bertz CT molecular complexity index is 3100. The van der Waals surface area contributed by atoms with Crippen molar-refractivity contribution in [2.45, 2.75) is 107 Å². The maximum atomic E-state index is 5.61. The number of allylic oxidation sites excluding steroid dienone is 2. The standard InChI is InChI=1S/C36H46N4.C20H14N4.Pd/c1-9-22-19-25-20-23-17-18-24(37-23)21-32-26(10-2)29(13-5)36(40(32)16-8)31(15-7)35-28(12-4)27(11-3)34(39-35)30(14-6)33(22)38-25;1-2-14-10-16-5-6-18(23-16)12-20-8-7-19(24-20)11-17-4-3-15(22-17)9-13(1)21-14;/h17-21,38H,9-16H2,1-8H3;1-12,21,24H;. The van der Waals surface area contributed by atoms with Crippen LogP contribution in [0.1, 0.15) is 142 Å². The molecule has 16 bridgehead atoms. The van der Waals surface area contributed by atoms with Gasteiger partial charge in [0.1, 0.15) is 0 Å². The van der Waals surface area contributed by atoms with E-state index in [9.17, 15) is 0 Å². The van der Waals surface area contributed by atoms with Gasteiger partial charge in [0.05, 0.1) is 51.1 Å². The fourth-order valence-corrected chi connectivity index (χ4v) is 10.0. The summed E-state index contributed by atoms with van der Waals surface area (Å²) in [7, 11) is 0. The van der Waals surface area contributed by atoms with Gasteiger partial charge in [-0.2, -0.15) is 0 Å². The number of H-pyrrole nitrogens is 3. The van der Waals surface area contributed by atoms with E-state index in [0.29, 0.717) is 0 Å². The third-order valence-electron chi connectivity index (χ3n) is 12.9. The van der Waals surface area contributed by atoms with Gasteiger partial charge >= 0.3 is 0 Å². The van der Waals surface area contributed by atoms with Crippen molar-refractivity contribution in [2.75, 3.05) is 0 Å². The molecule has 8 nitrogen and oxygen atoms in total. The van der Waals surface area contributed by atoms with Gasteiger partial charge in [0.25, 0.3) is 0 Å². The largest absolute Gasteiger partial charge is 0.355 e. The van der Waals surface area contributed by atoms with Crippen LogP contribution in [0.25, 0.3) is 91.7 Å². The first-order valence-corrected chi connectivity index (χ1v) is 23.5. The monoisotopic (exact) mass is 950 g/mol. The van der Waals surface area contributed by atoms with Crippen molar-refractivity contribution < 1.29 is 20.4 Å². The molecule has 65 heavy (non-hydrogen) atoms. The molecule has 6 aromatic rings. The van der Waals surface area contributed by atoms with Gasteiger partial charge in [-0.1, -0.05) is 48.5 Å². The van der Waals surface area contributed by atoms with Crippen molar-refractivity contribution in [3.8, 4) is 0 Å². The van der Waals surface area contributed by atoms with Crippen molar-refractivity contribution in [3.05, 3.63) is 140 Å². The molecule has 0 radical (unpaired) electrons. The van der Waals surface area contributed by atoms with E-state index in [1.165, 1.54) is 66.9 Å². The Morgan fingerprint density at radius 1 is 0.400 bits per heavy atom. The fraction of sp³-hybridized carbons (Fsp3) is 0.286. The maximum Gasteiger partial charge on any atom is 0.0725 e. The molecule has 6 aromatic heterocycles. The first-order chi connectivity index (χ1) is 31.3. The van der Waals surface area contributed by atoms with Crippen LogP contribution in [0.5, 0.6) is 0 Å². The van der Waals surface area contributed by atoms with Crippen molar-refractivity contribution in [2.24, 2.45) is 0 Å². The van der Waals surface area contributed by atoms with Gasteiger partial charge in [-0.15, -0.1) is 0 Å². The van der Waals surface area contributed by atoms with Gasteiger partial charge in [-0.3, -0.25) is 0 Å². The van der Waals surface area contributed by atoms with Gasteiger partial charge in [0.15, 0.2) is 0 Å². The van der Waals surface area contributed by atoms with Crippen LogP contribution in [-0.2, 0) is 59.1 Å². The summed E-state index contributed by atoms with van der Waals surface area (Å²) >= 11 is 0. The number of nitrogens with zero attached hydrogens (tertiary/aromatic N) is 5. The van der Waals surface area contributed by atoms with Crippen LogP contribution >= 0.6 is 0 Å². The van der Waals surface area contributed by atoms with Crippen molar-refractivity contribution in [3.63, 3.8) is 0 Å². The molecule has 0 unspecified atom stereocenters. The first kappa shape index (κ1) is 45.4. The average Bonchev–Trinajstić information content (AvgIpc) is 4.17. The zero-order chi connectivity index (χ0) is 44.5. The molecule has 4 aliphatic heterocycles. The Balaban J connectivity index is 0.000000195. The van der Waals surface area contributed by atoms with Gasteiger partial charge in [0, 0.05) is 76.7 Å². The molecule has 4 aliphatic rings. The van der Waals surface area contributed by atoms with E-state index in [0.717, 1.165) is 113 Å². The van der Waals surface area contributed by atoms with E-state index >= 15 is 0 Å². The van der Waals surface area contributed by atoms with Crippen LogP contribution in [0.4, 0.5) is 0 Å². The number of aryl methyl sites for hydroxylation is 6. The van der Waals surface area contributed by atoms with Crippen molar-refractivity contribution in [1.82, 2.24) is 39.5 Å². The summed E-state index contributed by atoms with van der Waals surface area (Å²) in [4.78, 5) is 30.5. The number of rotatable bonds is 8. The molecule has 10 rings (SSSR count). The predicted molar refractivity (Wildman–Crippen MR) is 272 cm³/mol. The molecule has 0 aliphatic carbocycles. The molecule has 0 spiro atoms. The number of hydrogen-bond donors (Lipinski definition) is 3. The van der Waals surface area contributed by atoms with E-state index in [2.05, 4.69) is 139 Å². The smallest absolute Gasteiger partial charge is 0.0725 e. The predicted octanol–water partition coefficient (Wildman–Crippen LogP) is 14.2. The van der Waals surface area contributed by atoms with E-state index in [4.69, 9.17) is 9.97 Å². The number of nitrogens with one attached hydrogen (secondary N) is 3. The van der Waals surface area contributed by atoms with Gasteiger partial charge in [0.2, 0.25) is 0 Å². The van der Waals surface area contributed by atoms with E-state index in [-0.39, 0.29) is 20.4 Å². The maximum absolute atomic E-state index is 5.61. The second-order valence-corrected chi connectivity index (χ2v) is 16.7. The van der Waals surface area contributed by atoms with E-state index in [1.54, 1.807) is 0 Å². The molecule has 0 atom stereocenters. The Hall–Kier alpha value is -6.14. The molecule has 0 saturated carbocycles. The topological polar surface area (TPSA) is 104 Å². The molecule has 10 heterocycles. The first-order valence-electron chi connectivity index (χ1n) is 23.5. The third kappa shape index (κ3) is 8.85. The van der Waals surface area contributed by atoms with E-state index in [1.807, 2.05) is 48.6 Å². The van der Waals surface area contributed by atoms with Crippen molar-refractivity contribution in [1.29, 1.82) is 0 Å². The molecular weight excluding hydrogens is 891 g/mol. The minimum absolute atomic E-state index is 0. The summed E-state index contributed by atoms with van der Waals surface area (Å²) in [5.74, 6) is 0. The van der Waals surface area contributed by atoms with Gasteiger partial charge < -0.3 is 19.5 Å². The summed E-state index contributed by atoms with van der Waals surface area (Å²) in [6.45, 7) is 19.2. The van der Waals surface area contributed by atoms with Gasteiger partial charge in [-0.25, -0.2) is 19.9 Å². The Labute approximate surface area is 396 Å². The van der Waals surface area contributed by atoms with Crippen LogP contribution in [0.2, 0.25) is 0 Å². The van der Waals surface area contributed by atoms with Crippen LogP contribution < -0.4 is 0 Å². The molecule has 334 valence electrons. The van der Waals surface area contributed by atoms with Crippen LogP contribution in [0, 0.1) is 0 Å². The number of aromatic nitrogens is 8. The molecule has 3 N–H and O–H groups in total. The van der Waals surface area contributed by atoms with Crippen molar-refractivity contribution >= 4 is 91.7 Å². The molecule has 9 heteroatoms. The number of fused-ring (bicyclic) bond motifs is 16. The van der Waals surface area contributed by atoms with Crippen LogP contribution in [0.3, 0.4) is 0 Å². The molecule has 0 amide bonds. The zero-order valence-electron chi connectivity index (χ0n) is 39.0. The Morgan fingerprint density at radius 3 is 1.22 bits per heavy atom. The summed E-state index contributed by atoms with van der Waals surface area (Å²) in [5, 5.41) is 0. The summed E-state index contributed by atoms with van der Waals surface area (Å²) < 4.78 is 2.55. The molecule has 0 fully saturated rings. The summed E-state index contributed by atoms with van der Waals surface area (Å²) in [6.07, 6.45) is 19.3. The van der Waals surface area contributed by atoms with E-state index < -0.39 is 0 Å². The quantitative estimate of drug-likeness (QED) is 0.132. The minimum Gasteiger partial charge on any atom is -0.355 e. The third-order valence-corrected chi connectivity index (χ3v) is 12.9. The molecular formula is C56H60N8Pd. The SMILES string of the molecule is C1=Cc2cc3ccc(cc4nc(cc5ccc(cc1n2)[nH]5)C=C4)[nH]3.CCC1=C(CC)c2nc1c(CC)c1[nH]c(cc3nc(cc4c(CC)c(CC)c(c2CC)n4CC)C=C3)cc1CC.[Pd]. The second kappa shape index (κ2) is 19.5. The fourth-order valence-electron chi connectivity index (χ4n) is 10.0. The number of aromatic amines is 3. The summed E-state index contributed by atoms with van der Waals surface area (Å²) in [6, 6.07) is 23.2. The Morgan fingerprint density at radius 2 is 0.815 bits per heavy atom. The molecule has 0 aromatic carbocycles. The summed E-state index contributed by atoms with van der Waals surface area (Å²) in [5.41, 5.74) is 27.2. The Kier molecular flexibility index (Phi) is 13.7. The minimum atomic E-state index is 0.